The highest BCUT2D eigenvalue weighted by atomic mass is 35.5. The number of halogens is 2. The Kier molecular flexibility index (Phi) is 10.2. The van der Waals surface area contributed by atoms with Crippen molar-refractivity contribution in [1.82, 2.24) is 10.2 Å². The first kappa shape index (κ1) is 29.5. The van der Waals surface area contributed by atoms with Crippen molar-refractivity contribution < 1.29 is 18.0 Å². The number of hydrogen-bond acceptors (Lipinski definition) is 4. The highest BCUT2D eigenvalue weighted by Gasteiger charge is 2.33. The average Bonchev–Trinajstić information content (AvgIpc) is 2.89. The Hall–Kier alpha value is -3.07. The average molecular weight is 577 g/mol. The van der Waals surface area contributed by atoms with E-state index in [4.69, 9.17) is 23.2 Å². The second-order valence-corrected chi connectivity index (χ2v) is 11.8. The van der Waals surface area contributed by atoms with E-state index < -0.39 is 28.5 Å². The fraction of sp³-hybridized carbons (Fsp3) is 0.286. The summed E-state index contributed by atoms with van der Waals surface area (Å²) in [6, 6.07) is 20.1. The van der Waals surface area contributed by atoms with Crippen LogP contribution < -0.4 is 9.62 Å². The van der Waals surface area contributed by atoms with E-state index in [0.29, 0.717) is 16.5 Å². The molecule has 202 valence electrons. The van der Waals surface area contributed by atoms with Crippen LogP contribution in [0.15, 0.2) is 83.8 Å². The van der Waals surface area contributed by atoms with Gasteiger partial charge >= 0.3 is 0 Å². The number of rotatable bonds is 11. The second-order valence-electron chi connectivity index (χ2n) is 9.04. The lowest BCUT2D eigenvalue weighted by Gasteiger charge is -2.33. The van der Waals surface area contributed by atoms with Crippen molar-refractivity contribution in [2.75, 3.05) is 10.8 Å². The fourth-order valence-electron chi connectivity index (χ4n) is 3.94. The molecular formula is C28H31Cl2N3O4S. The lowest BCUT2D eigenvalue weighted by molar-refractivity contribution is -0.140. The molecule has 0 spiro atoms. The van der Waals surface area contributed by atoms with Crippen molar-refractivity contribution in [3.8, 4) is 0 Å². The molecule has 0 aliphatic rings. The van der Waals surface area contributed by atoms with E-state index in [2.05, 4.69) is 5.32 Å². The van der Waals surface area contributed by atoms with Gasteiger partial charge < -0.3 is 10.2 Å². The molecule has 10 heteroatoms. The summed E-state index contributed by atoms with van der Waals surface area (Å²) >= 11 is 12.1. The van der Waals surface area contributed by atoms with E-state index in [1.54, 1.807) is 66.7 Å². The SMILES string of the molecule is CC[C@@H](C(=O)NC(C)C)N(Cc1ccc(Cl)cc1)C(=O)CN(c1ccc(Cl)cc1)S(=O)(=O)c1ccccc1. The molecule has 3 rings (SSSR count). The molecule has 3 aromatic carbocycles. The third-order valence-electron chi connectivity index (χ3n) is 5.81. The largest absolute Gasteiger partial charge is 0.352 e. The van der Waals surface area contributed by atoms with E-state index >= 15 is 0 Å². The van der Waals surface area contributed by atoms with Crippen LogP contribution in [0.3, 0.4) is 0 Å². The third-order valence-corrected chi connectivity index (χ3v) is 8.10. The van der Waals surface area contributed by atoms with Crippen LogP contribution in [-0.2, 0) is 26.2 Å². The maximum atomic E-state index is 13.9. The molecule has 38 heavy (non-hydrogen) atoms. The normalized spacial score (nSPS) is 12.2. The lowest BCUT2D eigenvalue weighted by Crippen LogP contribution is -2.53. The standard InChI is InChI=1S/C28H31Cl2N3O4S/c1-4-26(28(35)31-20(2)3)32(18-21-10-12-22(29)13-11-21)27(34)19-33(24-16-14-23(30)15-17-24)38(36,37)25-8-6-5-7-9-25/h5-17,20,26H,4,18-19H2,1-3H3,(H,31,35)/t26-/m0/s1. The predicted octanol–water partition coefficient (Wildman–Crippen LogP) is 5.52. The fourth-order valence-corrected chi connectivity index (χ4v) is 5.63. The van der Waals surface area contributed by atoms with Gasteiger partial charge in [-0.2, -0.15) is 0 Å². The van der Waals surface area contributed by atoms with E-state index in [9.17, 15) is 18.0 Å². The number of nitrogens with one attached hydrogen (secondary N) is 1. The first-order valence-electron chi connectivity index (χ1n) is 12.2. The minimum atomic E-state index is -4.12. The second kappa shape index (κ2) is 13.1. The maximum Gasteiger partial charge on any atom is 0.264 e. The van der Waals surface area contributed by atoms with Gasteiger partial charge in [0.15, 0.2) is 0 Å². The topological polar surface area (TPSA) is 86.8 Å². The zero-order chi connectivity index (χ0) is 27.9. The molecule has 0 heterocycles. The molecule has 0 unspecified atom stereocenters. The maximum absolute atomic E-state index is 13.9. The van der Waals surface area contributed by atoms with Crippen LogP contribution >= 0.6 is 23.2 Å². The Labute approximate surface area is 234 Å². The zero-order valence-electron chi connectivity index (χ0n) is 21.5. The molecule has 0 bridgehead atoms. The summed E-state index contributed by atoms with van der Waals surface area (Å²) in [6.07, 6.45) is 0.338. The highest BCUT2D eigenvalue weighted by Crippen LogP contribution is 2.26. The molecule has 0 aliphatic heterocycles. The number of sulfonamides is 1. The monoisotopic (exact) mass is 575 g/mol. The Bertz CT molecular complexity index is 1330. The van der Waals surface area contributed by atoms with Crippen molar-refractivity contribution in [3.63, 3.8) is 0 Å². The Morgan fingerprint density at radius 3 is 1.95 bits per heavy atom. The van der Waals surface area contributed by atoms with Crippen LogP contribution in [0.1, 0.15) is 32.8 Å². The number of carbonyl (C=O) groups is 2. The molecule has 3 aromatic rings. The van der Waals surface area contributed by atoms with Crippen molar-refractivity contribution >= 4 is 50.7 Å². The molecule has 0 radical (unpaired) electrons. The van der Waals surface area contributed by atoms with Gasteiger partial charge in [-0.25, -0.2) is 8.42 Å². The van der Waals surface area contributed by atoms with E-state index in [1.807, 2.05) is 20.8 Å². The summed E-state index contributed by atoms with van der Waals surface area (Å²) in [4.78, 5) is 28.5. The van der Waals surface area contributed by atoms with Gasteiger partial charge in [-0.3, -0.25) is 13.9 Å². The van der Waals surface area contributed by atoms with E-state index in [1.165, 1.54) is 17.0 Å². The Balaban J connectivity index is 2.04. The van der Waals surface area contributed by atoms with Gasteiger partial charge in [-0.1, -0.05) is 60.5 Å². The number of carbonyl (C=O) groups excluding carboxylic acids is 2. The van der Waals surface area contributed by atoms with Gasteiger partial charge in [0.25, 0.3) is 10.0 Å². The van der Waals surface area contributed by atoms with Crippen LogP contribution in [0.2, 0.25) is 10.0 Å². The summed E-state index contributed by atoms with van der Waals surface area (Å²) in [5.41, 5.74) is 1.03. The summed E-state index contributed by atoms with van der Waals surface area (Å²) in [6.45, 7) is 5.07. The molecule has 0 aromatic heterocycles. The molecule has 0 aliphatic carbocycles. The van der Waals surface area contributed by atoms with Gasteiger partial charge in [0.05, 0.1) is 10.6 Å². The molecule has 7 nitrogen and oxygen atoms in total. The molecular weight excluding hydrogens is 545 g/mol. The third kappa shape index (κ3) is 7.49. The van der Waals surface area contributed by atoms with Gasteiger partial charge in [0.1, 0.15) is 12.6 Å². The van der Waals surface area contributed by atoms with E-state index in [0.717, 1.165) is 9.87 Å². The van der Waals surface area contributed by atoms with Gasteiger partial charge in [0.2, 0.25) is 11.8 Å². The molecule has 0 saturated heterocycles. The minimum absolute atomic E-state index is 0.0385. The number of benzene rings is 3. The van der Waals surface area contributed by atoms with Crippen molar-refractivity contribution in [3.05, 3.63) is 94.5 Å². The van der Waals surface area contributed by atoms with Gasteiger partial charge in [-0.05, 0) is 74.4 Å². The zero-order valence-corrected chi connectivity index (χ0v) is 23.8. The first-order valence-corrected chi connectivity index (χ1v) is 14.4. The van der Waals surface area contributed by atoms with Crippen LogP contribution in [0.5, 0.6) is 0 Å². The molecule has 1 atom stereocenters. The van der Waals surface area contributed by atoms with Crippen LogP contribution in [0.25, 0.3) is 0 Å². The number of anilines is 1. The van der Waals surface area contributed by atoms with Crippen molar-refractivity contribution in [2.45, 2.75) is 50.7 Å². The van der Waals surface area contributed by atoms with Crippen LogP contribution in [-0.4, -0.2) is 43.8 Å². The highest BCUT2D eigenvalue weighted by molar-refractivity contribution is 7.92. The number of hydrogen-bond donors (Lipinski definition) is 1. The number of amides is 2. The lowest BCUT2D eigenvalue weighted by atomic mass is 10.1. The quantitative estimate of drug-likeness (QED) is 0.326. The molecule has 0 fully saturated rings. The van der Waals surface area contributed by atoms with Crippen LogP contribution in [0.4, 0.5) is 5.69 Å². The van der Waals surface area contributed by atoms with E-state index in [-0.39, 0.29) is 29.1 Å². The summed E-state index contributed by atoms with van der Waals surface area (Å²) in [5.74, 6) is -0.839. The Morgan fingerprint density at radius 2 is 1.42 bits per heavy atom. The summed E-state index contributed by atoms with van der Waals surface area (Å²) in [7, 11) is -4.12. The van der Waals surface area contributed by atoms with Gasteiger partial charge in [-0.15, -0.1) is 0 Å². The number of nitrogens with zero attached hydrogens (tertiary/aromatic N) is 2. The predicted molar refractivity (Wildman–Crippen MR) is 152 cm³/mol. The Morgan fingerprint density at radius 1 is 0.868 bits per heavy atom. The minimum Gasteiger partial charge on any atom is -0.352 e. The molecule has 1 N–H and O–H groups in total. The summed E-state index contributed by atoms with van der Waals surface area (Å²) in [5, 5.41) is 3.84. The molecule has 0 saturated carbocycles. The summed E-state index contributed by atoms with van der Waals surface area (Å²) < 4.78 is 28.5. The van der Waals surface area contributed by atoms with Crippen molar-refractivity contribution in [2.24, 2.45) is 0 Å². The first-order chi connectivity index (χ1) is 18.0. The molecule has 2 amide bonds. The van der Waals surface area contributed by atoms with Crippen LogP contribution in [0, 0.1) is 0 Å². The van der Waals surface area contributed by atoms with Crippen molar-refractivity contribution in [1.29, 1.82) is 0 Å². The smallest absolute Gasteiger partial charge is 0.264 e. The van der Waals surface area contributed by atoms with Gasteiger partial charge in [0, 0.05) is 22.6 Å².